The van der Waals surface area contributed by atoms with E-state index in [1.807, 2.05) is 0 Å². The van der Waals surface area contributed by atoms with Crippen LogP contribution in [-0.4, -0.2) is 72.8 Å². The number of H-pyrrole nitrogens is 1. The number of aromatic amines is 1. The Bertz CT molecular complexity index is 743. The minimum absolute atomic E-state index is 0.00129. The Hall–Kier alpha value is -1.49. The number of amides is 1. The van der Waals surface area contributed by atoms with Crippen molar-refractivity contribution in [2.45, 2.75) is 37.7 Å². The van der Waals surface area contributed by atoms with Crippen LogP contribution in [0.2, 0.25) is 0 Å². The number of aliphatic hydroxyl groups excluding tert-OH is 1. The first-order valence-electron chi connectivity index (χ1n) is 8.99. The number of hydrogen-bond donors (Lipinski definition) is 4. The molecule has 0 aliphatic carbocycles. The van der Waals surface area contributed by atoms with Gasteiger partial charge >= 0.3 is 0 Å². The summed E-state index contributed by atoms with van der Waals surface area (Å²) in [6.07, 6.45) is 0.846. The molecule has 0 bridgehead atoms. The van der Waals surface area contributed by atoms with Crippen LogP contribution in [-0.2, 0) is 14.8 Å². The number of piperidine rings is 1. The normalized spacial score (nSPS) is 27.6. The number of aromatic nitrogens is 2. The van der Waals surface area contributed by atoms with E-state index in [0.717, 1.165) is 0 Å². The monoisotopic (exact) mass is 385 g/mol. The fourth-order valence-electron chi connectivity index (χ4n) is 3.73. The van der Waals surface area contributed by atoms with Crippen molar-refractivity contribution in [1.82, 2.24) is 25.1 Å². The Morgan fingerprint density at radius 3 is 2.77 bits per heavy atom. The van der Waals surface area contributed by atoms with Gasteiger partial charge in [-0.2, -0.15) is 9.40 Å². The van der Waals surface area contributed by atoms with Crippen LogP contribution in [0.3, 0.4) is 0 Å². The molecule has 3 unspecified atom stereocenters. The molecule has 2 fully saturated rings. The maximum absolute atomic E-state index is 13.0. The lowest BCUT2D eigenvalue weighted by Gasteiger charge is -2.31. The first-order chi connectivity index (χ1) is 12.3. The molecule has 3 atom stereocenters. The topological polar surface area (TPSA) is 127 Å². The van der Waals surface area contributed by atoms with Crippen molar-refractivity contribution < 1.29 is 18.3 Å². The third kappa shape index (κ3) is 3.78. The molecule has 9 nitrogen and oxygen atoms in total. The van der Waals surface area contributed by atoms with Crippen LogP contribution in [0.25, 0.3) is 0 Å². The average Bonchev–Trinajstić information content (AvgIpc) is 3.18. The fourth-order valence-corrected chi connectivity index (χ4v) is 5.58. The summed E-state index contributed by atoms with van der Waals surface area (Å²) in [7, 11) is -3.68. The Morgan fingerprint density at radius 2 is 2.15 bits per heavy atom. The first kappa shape index (κ1) is 19.3. The maximum Gasteiger partial charge on any atom is 0.246 e. The molecule has 1 aromatic rings. The lowest BCUT2D eigenvalue weighted by molar-refractivity contribution is -0.126. The van der Waals surface area contributed by atoms with Gasteiger partial charge in [-0.05, 0) is 26.7 Å². The Labute approximate surface area is 153 Å². The summed E-state index contributed by atoms with van der Waals surface area (Å²) < 4.78 is 27.3. The molecule has 0 radical (unpaired) electrons. The van der Waals surface area contributed by atoms with Crippen molar-refractivity contribution in [1.29, 1.82) is 0 Å². The zero-order chi connectivity index (χ0) is 18.9. The Balaban J connectivity index is 1.64. The molecular weight excluding hydrogens is 358 g/mol. The number of carbonyl (C=O) groups excluding carboxylic acids is 1. The van der Waals surface area contributed by atoms with Crippen LogP contribution >= 0.6 is 0 Å². The molecule has 146 valence electrons. The molecule has 4 N–H and O–H groups in total. The van der Waals surface area contributed by atoms with E-state index in [-0.39, 0.29) is 29.2 Å². The van der Waals surface area contributed by atoms with Crippen LogP contribution in [0.1, 0.15) is 24.2 Å². The number of nitrogens with zero attached hydrogens (tertiary/aromatic N) is 2. The zero-order valence-corrected chi connectivity index (χ0v) is 16.0. The van der Waals surface area contributed by atoms with Crippen LogP contribution < -0.4 is 10.6 Å². The molecule has 26 heavy (non-hydrogen) atoms. The lowest BCUT2D eigenvalue weighted by Crippen LogP contribution is -2.46. The van der Waals surface area contributed by atoms with Crippen molar-refractivity contribution in [3.63, 3.8) is 0 Å². The summed E-state index contributed by atoms with van der Waals surface area (Å²) in [5.74, 6) is -0.527. The molecule has 0 saturated carbocycles. The number of β-amino-alcohol motifs (C(OH)–C–C–N with tert-alkyl or cyclic N) is 1. The van der Waals surface area contributed by atoms with Crippen molar-refractivity contribution in [3.8, 4) is 0 Å². The number of sulfonamides is 1. The van der Waals surface area contributed by atoms with E-state index in [9.17, 15) is 18.3 Å². The van der Waals surface area contributed by atoms with Gasteiger partial charge in [0, 0.05) is 38.6 Å². The number of nitrogens with one attached hydrogen (secondary N) is 3. The third-order valence-corrected chi connectivity index (χ3v) is 7.38. The molecule has 2 aliphatic rings. The van der Waals surface area contributed by atoms with E-state index in [4.69, 9.17) is 0 Å². The quantitative estimate of drug-likeness (QED) is 0.521. The van der Waals surface area contributed by atoms with Gasteiger partial charge in [0.2, 0.25) is 15.9 Å². The molecule has 0 spiro atoms. The van der Waals surface area contributed by atoms with Gasteiger partial charge < -0.3 is 15.7 Å². The van der Waals surface area contributed by atoms with E-state index in [0.29, 0.717) is 50.4 Å². The molecule has 10 heteroatoms. The second-order valence-corrected chi connectivity index (χ2v) is 9.07. The average molecular weight is 385 g/mol. The largest absolute Gasteiger partial charge is 0.391 e. The molecule has 3 rings (SSSR count). The lowest BCUT2D eigenvalue weighted by atomic mass is 9.98. The van der Waals surface area contributed by atoms with Crippen molar-refractivity contribution >= 4 is 15.9 Å². The van der Waals surface area contributed by atoms with Crippen LogP contribution in [0.15, 0.2) is 4.90 Å². The van der Waals surface area contributed by atoms with Gasteiger partial charge in [-0.3, -0.25) is 9.89 Å². The highest BCUT2D eigenvalue weighted by Crippen LogP contribution is 2.26. The number of hydrogen-bond acceptors (Lipinski definition) is 6. The van der Waals surface area contributed by atoms with Gasteiger partial charge in [0.15, 0.2) is 0 Å². The van der Waals surface area contributed by atoms with Gasteiger partial charge in [0.05, 0.1) is 23.4 Å². The second kappa shape index (κ2) is 7.63. The molecule has 1 amide bonds. The van der Waals surface area contributed by atoms with Gasteiger partial charge in [0.1, 0.15) is 4.90 Å². The molecule has 3 heterocycles. The molecule has 2 saturated heterocycles. The van der Waals surface area contributed by atoms with Gasteiger partial charge in [0.25, 0.3) is 0 Å². The van der Waals surface area contributed by atoms with Crippen molar-refractivity contribution in [2.24, 2.45) is 11.8 Å². The number of rotatable bonds is 5. The molecule has 0 aromatic carbocycles. The summed E-state index contributed by atoms with van der Waals surface area (Å²) in [6, 6.07) is 0. The van der Waals surface area contributed by atoms with Gasteiger partial charge in [-0.15, -0.1) is 0 Å². The maximum atomic E-state index is 13.0. The smallest absolute Gasteiger partial charge is 0.246 e. The van der Waals surface area contributed by atoms with Gasteiger partial charge in [-0.25, -0.2) is 8.42 Å². The molecule has 1 aromatic heterocycles. The summed E-state index contributed by atoms with van der Waals surface area (Å²) in [4.78, 5) is 12.7. The highest BCUT2D eigenvalue weighted by Gasteiger charge is 2.36. The summed E-state index contributed by atoms with van der Waals surface area (Å²) in [6.45, 7) is 5.53. The van der Waals surface area contributed by atoms with E-state index in [2.05, 4.69) is 20.8 Å². The van der Waals surface area contributed by atoms with E-state index < -0.39 is 16.1 Å². The Morgan fingerprint density at radius 1 is 1.38 bits per heavy atom. The third-order valence-electron chi connectivity index (χ3n) is 5.26. The van der Waals surface area contributed by atoms with Crippen molar-refractivity contribution in [3.05, 3.63) is 11.4 Å². The van der Waals surface area contributed by atoms with E-state index >= 15 is 0 Å². The van der Waals surface area contributed by atoms with Crippen molar-refractivity contribution in [2.75, 3.05) is 32.7 Å². The van der Waals surface area contributed by atoms with Gasteiger partial charge in [-0.1, -0.05) is 0 Å². The Kier molecular flexibility index (Phi) is 5.66. The number of carbonyl (C=O) groups is 1. The van der Waals surface area contributed by atoms with Crippen LogP contribution in [0.4, 0.5) is 0 Å². The SMILES string of the molecule is Cc1n[nH]c(C)c1S(=O)(=O)N1CCCC(C(=O)NCC2CNCC2O)C1. The molecular formula is C16H27N5O4S. The highest BCUT2D eigenvalue weighted by atomic mass is 32.2. The fraction of sp³-hybridized carbons (Fsp3) is 0.750. The van der Waals surface area contributed by atoms with Crippen LogP contribution in [0.5, 0.6) is 0 Å². The summed E-state index contributed by atoms with van der Waals surface area (Å²) in [5, 5.41) is 22.4. The second-order valence-electron chi connectivity index (χ2n) is 7.20. The zero-order valence-electron chi connectivity index (χ0n) is 15.2. The number of aliphatic hydroxyl groups is 1. The van der Waals surface area contributed by atoms with E-state index in [1.165, 1.54) is 4.31 Å². The first-order valence-corrected chi connectivity index (χ1v) is 10.4. The predicted molar refractivity (Wildman–Crippen MR) is 94.9 cm³/mol. The number of aryl methyl sites for hydroxylation is 2. The van der Waals surface area contributed by atoms with E-state index in [1.54, 1.807) is 13.8 Å². The standard InChI is InChI=1S/C16H27N5O4S/c1-10-15(11(2)20-19-10)26(24,25)21-5-3-4-12(9-21)16(23)18-7-13-6-17-8-14(13)22/h12-14,17,22H,3-9H2,1-2H3,(H,18,23)(H,19,20). The van der Waals surface area contributed by atoms with Crippen LogP contribution in [0, 0.1) is 25.7 Å². The molecule has 2 aliphatic heterocycles. The minimum atomic E-state index is -3.68. The minimum Gasteiger partial charge on any atom is -0.391 e. The highest BCUT2D eigenvalue weighted by molar-refractivity contribution is 7.89. The summed E-state index contributed by atoms with van der Waals surface area (Å²) in [5.41, 5.74) is 0.952. The predicted octanol–water partition coefficient (Wildman–Crippen LogP) is -0.876. The summed E-state index contributed by atoms with van der Waals surface area (Å²) >= 11 is 0.